The molecule has 4 bridgehead atoms. The first-order chi connectivity index (χ1) is 13.4. The highest BCUT2D eigenvalue weighted by Crippen LogP contribution is 2.60. The zero-order valence-corrected chi connectivity index (χ0v) is 18.0. The minimum atomic E-state index is -0.158. The van der Waals surface area contributed by atoms with E-state index in [1.165, 1.54) is 35.4 Å². The van der Waals surface area contributed by atoms with Crippen LogP contribution in [-0.4, -0.2) is 10.5 Å². The van der Waals surface area contributed by atoms with E-state index in [9.17, 15) is 4.79 Å². The zero-order chi connectivity index (χ0) is 19.5. The van der Waals surface area contributed by atoms with E-state index < -0.39 is 0 Å². The van der Waals surface area contributed by atoms with Crippen molar-refractivity contribution in [3.05, 3.63) is 51.3 Å². The highest BCUT2D eigenvalue weighted by Gasteiger charge is 2.54. The van der Waals surface area contributed by atoms with Gasteiger partial charge in [0.05, 0.1) is 11.5 Å². The molecule has 1 aromatic carbocycles. The van der Waals surface area contributed by atoms with Crippen molar-refractivity contribution < 1.29 is 4.79 Å². The maximum atomic E-state index is 13.5. The van der Waals surface area contributed by atoms with Crippen molar-refractivity contribution in [1.82, 2.24) is 4.57 Å². The second-order valence-corrected chi connectivity index (χ2v) is 10.8. The molecule has 0 spiro atoms. The summed E-state index contributed by atoms with van der Waals surface area (Å²) in [5.74, 6) is 2.48. The molecule has 1 aromatic heterocycles. The first kappa shape index (κ1) is 18.4. The Bertz CT molecular complexity index is 933. The summed E-state index contributed by atoms with van der Waals surface area (Å²) in [6, 6.07) is 10.7. The lowest BCUT2D eigenvalue weighted by atomic mass is 9.49. The van der Waals surface area contributed by atoms with Crippen LogP contribution in [0.1, 0.15) is 67.6 Å². The average Bonchev–Trinajstić information content (AvgIpc) is 2.94. The van der Waals surface area contributed by atoms with Crippen LogP contribution in [0.2, 0.25) is 0 Å². The molecule has 0 saturated heterocycles. The van der Waals surface area contributed by atoms with Gasteiger partial charge in [-0.05, 0) is 82.6 Å². The smallest absolute Gasteiger partial charge is 0.254 e. The fourth-order valence-electron chi connectivity index (χ4n) is 6.56. The maximum Gasteiger partial charge on any atom is 0.254 e. The number of rotatable bonds is 3. The van der Waals surface area contributed by atoms with Gasteiger partial charge in [0.1, 0.15) is 0 Å². The molecule has 28 heavy (non-hydrogen) atoms. The number of hydrogen-bond donors (Lipinski definition) is 0. The molecule has 6 rings (SSSR count). The van der Waals surface area contributed by atoms with Gasteiger partial charge in [0.15, 0.2) is 4.80 Å². The highest BCUT2D eigenvalue weighted by atomic mass is 32.1. The molecule has 0 N–H and O–H groups in total. The third-order valence-corrected chi connectivity index (χ3v) is 8.75. The Kier molecular flexibility index (Phi) is 4.38. The van der Waals surface area contributed by atoms with Gasteiger partial charge in [-0.3, -0.25) is 4.79 Å². The van der Waals surface area contributed by atoms with E-state index in [1.807, 2.05) is 0 Å². The van der Waals surface area contributed by atoms with Crippen molar-refractivity contribution in [2.75, 3.05) is 0 Å². The lowest BCUT2D eigenvalue weighted by Gasteiger charge is -2.55. The lowest BCUT2D eigenvalue weighted by molar-refractivity contribution is -0.142. The number of aryl methyl sites for hydroxylation is 1. The van der Waals surface area contributed by atoms with Crippen molar-refractivity contribution in [3.8, 4) is 0 Å². The van der Waals surface area contributed by atoms with Gasteiger partial charge in [-0.2, -0.15) is 4.99 Å². The number of benzene rings is 1. The maximum absolute atomic E-state index is 13.5. The molecule has 4 aliphatic rings. The number of carbonyl (C=O) groups is 1. The van der Waals surface area contributed by atoms with Crippen LogP contribution in [0.25, 0.3) is 0 Å². The van der Waals surface area contributed by atoms with Crippen molar-refractivity contribution >= 4 is 17.2 Å². The van der Waals surface area contributed by atoms with Crippen LogP contribution in [0.15, 0.2) is 35.3 Å². The number of aromatic nitrogens is 1. The summed E-state index contributed by atoms with van der Waals surface area (Å²) in [5, 5.41) is 0. The molecule has 1 heterocycles. The second-order valence-electron chi connectivity index (χ2n) is 9.60. The number of amides is 1. The minimum Gasteiger partial charge on any atom is -0.314 e. The lowest BCUT2D eigenvalue weighted by Crippen LogP contribution is -2.50. The van der Waals surface area contributed by atoms with E-state index in [0.29, 0.717) is 0 Å². The number of nitrogens with zero attached hydrogens (tertiary/aromatic N) is 2. The third-order valence-electron chi connectivity index (χ3n) is 7.68. The number of thiazole rings is 1. The van der Waals surface area contributed by atoms with Gasteiger partial charge in [-0.15, -0.1) is 11.3 Å². The second kappa shape index (κ2) is 6.69. The van der Waals surface area contributed by atoms with E-state index in [0.717, 1.165) is 41.8 Å². The van der Waals surface area contributed by atoms with Gasteiger partial charge >= 0.3 is 0 Å². The zero-order valence-electron chi connectivity index (χ0n) is 17.1. The van der Waals surface area contributed by atoms with E-state index in [2.05, 4.69) is 55.7 Å². The van der Waals surface area contributed by atoms with Crippen molar-refractivity contribution in [3.63, 3.8) is 0 Å². The van der Waals surface area contributed by atoms with Crippen LogP contribution < -0.4 is 4.80 Å². The highest BCUT2D eigenvalue weighted by molar-refractivity contribution is 7.09. The Balaban J connectivity index is 1.54. The monoisotopic (exact) mass is 394 g/mol. The molecule has 4 aliphatic carbocycles. The molecule has 1 amide bonds. The Morgan fingerprint density at radius 2 is 1.64 bits per heavy atom. The minimum absolute atomic E-state index is 0.158. The number of hydrogen-bond acceptors (Lipinski definition) is 2. The van der Waals surface area contributed by atoms with Gasteiger partial charge < -0.3 is 4.57 Å². The SMILES string of the molecule is Cc1sc(=NC(=O)C23CC4CC(CC(C4)C2)C3)n(C(C)c2ccccc2)c1C. The Hall–Kier alpha value is -1.68. The standard InChI is InChI=1S/C24H30N2OS/c1-15-17(3)28-23(26(15)16(2)21-7-5-4-6-8-21)25-22(27)24-12-18-9-19(13-24)11-20(10-18)14-24/h4-8,16,18-20H,9-14H2,1-3H3. The van der Waals surface area contributed by atoms with Crippen LogP contribution in [0, 0.1) is 37.0 Å². The number of carbonyl (C=O) groups excluding carboxylic acids is 1. The Labute approximate surface area is 171 Å². The van der Waals surface area contributed by atoms with Crippen LogP contribution in [0.3, 0.4) is 0 Å². The molecule has 4 saturated carbocycles. The molecule has 2 aromatic rings. The predicted octanol–water partition coefficient (Wildman–Crippen LogP) is 5.42. The third kappa shape index (κ3) is 2.92. The summed E-state index contributed by atoms with van der Waals surface area (Å²) in [5.41, 5.74) is 2.32. The van der Waals surface area contributed by atoms with Crippen LogP contribution in [0.5, 0.6) is 0 Å². The summed E-state index contributed by atoms with van der Waals surface area (Å²) in [6.45, 7) is 6.50. The molecule has 4 fully saturated rings. The Morgan fingerprint density at radius 1 is 1.07 bits per heavy atom. The summed E-state index contributed by atoms with van der Waals surface area (Å²) >= 11 is 1.67. The normalized spacial score (nSPS) is 32.7. The van der Waals surface area contributed by atoms with Crippen LogP contribution in [-0.2, 0) is 4.79 Å². The molecular formula is C24H30N2OS. The van der Waals surface area contributed by atoms with Gasteiger partial charge in [-0.25, -0.2) is 0 Å². The van der Waals surface area contributed by atoms with Crippen molar-refractivity contribution in [2.45, 2.75) is 65.3 Å². The molecular weight excluding hydrogens is 364 g/mol. The molecule has 0 aliphatic heterocycles. The summed E-state index contributed by atoms with van der Waals surface area (Å²) in [6.07, 6.45) is 7.31. The first-order valence-electron chi connectivity index (χ1n) is 10.8. The molecule has 4 heteroatoms. The first-order valence-corrected chi connectivity index (χ1v) is 11.6. The molecule has 1 atom stereocenters. The van der Waals surface area contributed by atoms with E-state index >= 15 is 0 Å². The molecule has 1 unspecified atom stereocenters. The van der Waals surface area contributed by atoms with E-state index in [1.54, 1.807) is 11.3 Å². The summed E-state index contributed by atoms with van der Waals surface area (Å²) in [7, 11) is 0. The van der Waals surface area contributed by atoms with Gasteiger partial charge in [0, 0.05) is 10.6 Å². The molecule has 148 valence electrons. The fraction of sp³-hybridized carbons (Fsp3) is 0.583. The fourth-order valence-corrected chi connectivity index (χ4v) is 7.61. The molecule has 3 nitrogen and oxygen atoms in total. The Morgan fingerprint density at radius 3 is 2.21 bits per heavy atom. The van der Waals surface area contributed by atoms with Gasteiger partial charge in [0.25, 0.3) is 5.91 Å². The van der Waals surface area contributed by atoms with Crippen molar-refractivity contribution in [1.29, 1.82) is 0 Å². The van der Waals surface area contributed by atoms with Crippen LogP contribution in [0.4, 0.5) is 0 Å². The quantitative estimate of drug-likeness (QED) is 0.684. The predicted molar refractivity (Wildman–Crippen MR) is 113 cm³/mol. The van der Waals surface area contributed by atoms with Gasteiger partial charge in [-0.1, -0.05) is 30.3 Å². The van der Waals surface area contributed by atoms with Gasteiger partial charge in [0.2, 0.25) is 0 Å². The topological polar surface area (TPSA) is 34.4 Å². The van der Waals surface area contributed by atoms with Crippen LogP contribution >= 0.6 is 11.3 Å². The summed E-state index contributed by atoms with van der Waals surface area (Å²) < 4.78 is 2.27. The average molecular weight is 395 g/mol. The van der Waals surface area contributed by atoms with E-state index in [-0.39, 0.29) is 17.4 Å². The van der Waals surface area contributed by atoms with E-state index in [4.69, 9.17) is 4.99 Å². The largest absolute Gasteiger partial charge is 0.314 e. The summed E-state index contributed by atoms with van der Waals surface area (Å²) in [4.78, 5) is 20.5. The van der Waals surface area contributed by atoms with Crippen molar-refractivity contribution in [2.24, 2.45) is 28.2 Å². The molecule has 0 radical (unpaired) electrons.